The molecular formula is C17H27N3O3Si. The van der Waals surface area contributed by atoms with E-state index in [4.69, 9.17) is 0 Å². The third-order valence-electron chi connectivity index (χ3n) is 6.33. The second-order valence-corrected chi connectivity index (χ2v) is 12.7. The zero-order chi connectivity index (χ0) is 17.5. The molecule has 0 radical (unpaired) electrons. The predicted molar refractivity (Wildman–Crippen MR) is 94.0 cm³/mol. The van der Waals surface area contributed by atoms with Crippen molar-refractivity contribution in [1.82, 2.24) is 15.1 Å². The summed E-state index contributed by atoms with van der Waals surface area (Å²) in [6.45, 7) is 3.63. The summed E-state index contributed by atoms with van der Waals surface area (Å²) < 4.78 is 1.67. The number of hydrogen-bond acceptors (Lipinski definition) is 3. The normalized spacial score (nSPS) is 21.8. The Morgan fingerprint density at radius 1 is 1.17 bits per heavy atom. The van der Waals surface area contributed by atoms with Gasteiger partial charge in [-0.25, -0.2) is 4.79 Å². The molecule has 0 bridgehead atoms. The van der Waals surface area contributed by atoms with Crippen LogP contribution in [0.3, 0.4) is 0 Å². The predicted octanol–water partition coefficient (Wildman–Crippen LogP) is 2.63. The number of carbonyl (C=O) groups excluding carboxylic acids is 1. The fourth-order valence-corrected chi connectivity index (χ4v) is 10.0. The fourth-order valence-electron chi connectivity index (χ4n) is 4.61. The second-order valence-electron chi connectivity index (χ2n) is 7.72. The lowest BCUT2D eigenvalue weighted by molar-refractivity contribution is -0.145. The van der Waals surface area contributed by atoms with Crippen molar-refractivity contribution < 1.29 is 14.7 Å². The summed E-state index contributed by atoms with van der Waals surface area (Å²) in [6.07, 6.45) is 3.79. The van der Waals surface area contributed by atoms with Crippen LogP contribution in [0.5, 0.6) is 0 Å². The topological polar surface area (TPSA) is 84.2 Å². The number of nitrogens with one attached hydrogen (secondary N) is 1. The number of aliphatic carboxylic acids is 1. The minimum absolute atomic E-state index is 0.301. The molecule has 2 fully saturated rings. The first-order valence-electron chi connectivity index (χ1n) is 8.85. The van der Waals surface area contributed by atoms with Gasteiger partial charge < -0.3 is 10.4 Å². The molecule has 2 saturated heterocycles. The molecule has 1 spiro atoms. The van der Waals surface area contributed by atoms with Crippen LogP contribution < -0.4 is 5.32 Å². The van der Waals surface area contributed by atoms with Gasteiger partial charge in [0.2, 0.25) is 0 Å². The van der Waals surface area contributed by atoms with E-state index in [9.17, 15) is 14.7 Å². The van der Waals surface area contributed by atoms with Gasteiger partial charge in [0.1, 0.15) is 5.54 Å². The molecule has 2 N–H and O–H groups in total. The van der Waals surface area contributed by atoms with Gasteiger partial charge in [-0.3, -0.25) is 9.48 Å². The highest BCUT2D eigenvalue weighted by atomic mass is 28.3. The summed E-state index contributed by atoms with van der Waals surface area (Å²) in [5, 5.41) is 17.0. The number of carbonyl (C=O) groups is 2. The summed E-state index contributed by atoms with van der Waals surface area (Å²) in [5.41, 5.74) is 0.817. The SMILES string of the molecule is Cc1nn(C)c(C)c1C(=O)NC1(C(=O)O)CC[Si]2(CCCC2)CC1. The molecule has 2 aliphatic rings. The van der Waals surface area contributed by atoms with Crippen molar-refractivity contribution in [2.45, 2.75) is 69.2 Å². The van der Waals surface area contributed by atoms with Crippen LogP contribution in [-0.4, -0.2) is 40.4 Å². The summed E-state index contributed by atoms with van der Waals surface area (Å²) in [5.74, 6) is -1.19. The van der Waals surface area contributed by atoms with E-state index in [1.165, 1.54) is 24.9 Å². The Morgan fingerprint density at radius 3 is 2.21 bits per heavy atom. The maximum atomic E-state index is 12.8. The molecule has 0 aliphatic carbocycles. The van der Waals surface area contributed by atoms with E-state index in [-0.39, 0.29) is 5.91 Å². The Hall–Kier alpha value is -1.63. The lowest BCUT2D eigenvalue weighted by atomic mass is 9.91. The summed E-state index contributed by atoms with van der Waals surface area (Å²) >= 11 is 0. The van der Waals surface area contributed by atoms with Gasteiger partial charge in [0.25, 0.3) is 5.91 Å². The number of rotatable bonds is 3. The highest BCUT2D eigenvalue weighted by Crippen LogP contribution is 2.45. The van der Waals surface area contributed by atoms with E-state index >= 15 is 0 Å². The maximum absolute atomic E-state index is 12.8. The van der Waals surface area contributed by atoms with Crippen LogP contribution in [0, 0.1) is 13.8 Å². The Bertz CT molecular complexity index is 667. The molecule has 6 nitrogen and oxygen atoms in total. The number of hydrogen-bond donors (Lipinski definition) is 2. The first kappa shape index (κ1) is 17.2. The molecule has 2 aliphatic heterocycles. The van der Waals surface area contributed by atoms with Gasteiger partial charge in [-0.2, -0.15) is 5.10 Å². The van der Waals surface area contributed by atoms with Crippen molar-refractivity contribution in [3.8, 4) is 0 Å². The number of nitrogens with zero attached hydrogens (tertiary/aromatic N) is 2. The van der Waals surface area contributed by atoms with Gasteiger partial charge in [0, 0.05) is 12.7 Å². The van der Waals surface area contributed by atoms with Crippen LogP contribution in [0.1, 0.15) is 47.4 Å². The maximum Gasteiger partial charge on any atom is 0.329 e. The van der Waals surface area contributed by atoms with Crippen LogP contribution in [-0.2, 0) is 11.8 Å². The van der Waals surface area contributed by atoms with Crippen molar-refractivity contribution >= 4 is 20.0 Å². The molecular weight excluding hydrogens is 322 g/mol. The third kappa shape index (κ3) is 2.79. The molecule has 3 rings (SSSR count). The van der Waals surface area contributed by atoms with E-state index in [1.807, 2.05) is 6.92 Å². The zero-order valence-electron chi connectivity index (χ0n) is 14.8. The largest absolute Gasteiger partial charge is 0.480 e. The van der Waals surface area contributed by atoms with Gasteiger partial charge in [-0.1, -0.05) is 37.0 Å². The van der Waals surface area contributed by atoms with Gasteiger partial charge >= 0.3 is 5.97 Å². The molecule has 1 amide bonds. The Morgan fingerprint density at radius 2 is 1.75 bits per heavy atom. The van der Waals surface area contributed by atoms with Crippen molar-refractivity contribution in [1.29, 1.82) is 0 Å². The number of aryl methyl sites for hydroxylation is 2. The van der Waals surface area contributed by atoms with Crippen molar-refractivity contribution in [3.63, 3.8) is 0 Å². The standard InChI is InChI=1S/C17H27N3O3Si/c1-12-14(13(2)20(3)19-12)15(21)18-17(16(22)23)6-10-24(11-7-17)8-4-5-9-24/h4-11H2,1-3H3,(H,18,21)(H,22,23). The quantitative estimate of drug-likeness (QED) is 0.822. The number of amides is 1. The van der Waals surface area contributed by atoms with Crippen LogP contribution in [0.25, 0.3) is 0 Å². The molecule has 3 heterocycles. The highest BCUT2D eigenvalue weighted by molar-refractivity contribution is 6.80. The Balaban J connectivity index is 1.80. The molecule has 0 aromatic carbocycles. The Labute approximate surface area is 143 Å². The highest BCUT2D eigenvalue weighted by Gasteiger charge is 2.50. The first-order valence-corrected chi connectivity index (χ1v) is 11.7. The molecule has 132 valence electrons. The average Bonchev–Trinajstić information content (AvgIpc) is 3.07. The first-order chi connectivity index (χ1) is 11.3. The van der Waals surface area contributed by atoms with E-state index in [1.54, 1.807) is 18.7 Å². The van der Waals surface area contributed by atoms with Crippen LogP contribution in [0.15, 0.2) is 0 Å². The van der Waals surface area contributed by atoms with Crippen molar-refractivity contribution in [3.05, 3.63) is 17.0 Å². The van der Waals surface area contributed by atoms with Gasteiger partial charge in [-0.05, 0) is 26.7 Å². The summed E-state index contributed by atoms with van der Waals surface area (Å²) in [6, 6.07) is 4.75. The zero-order valence-corrected chi connectivity index (χ0v) is 15.8. The summed E-state index contributed by atoms with van der Waals surface area (Å²) in [7, 11) is 0.560. The fraction of sp³-hybridized carbons (Fsp3) is 0.706. The molecule has 1 aromatic heterocycles. The smallest absolute Gasteiger partial charge is 0.329 e. The van der Waals surface area contributed by atoms with Gasteiger partial charge in [0.05, 0.1) is 19.3 Å². The molecule has 7 heteroatoms. The number of carboxylic acids is 1. The lowest BCUT2D eigenvalue weighted by Gasteiger charge is -2.41. The van der Waals surface area contributed by atoms with E-state index < -0.39 is 19.6 Å². The molecule has 0 saturated carbocycles. The third-order valence-corrected chi connectivity index (χ3v) is 11.8. The van der Waals surface area contributed by atoms with Crippen LogP contribution in [0.4, 0.5) is 0 Å². The lowest BCUT2D eigenvalue weighted by Crippen LogP contribution is -2.59. The van der Waals surface area contributed by atoms with Gasteiger partial charge in [0.15, 0.2) is 0 Å². The Kier molecular flexibility index (Phi) is 4.31. The number of aromatic nitrogens is 2. The van der Waals surface area contributed by atoms with E-state index in [0.29, 0.717) is 24.1 Å². The van der Waals surface area contributed by atoms with Crippen molar-refractivity contribution in [2.75, 3.05) is 0 Å². The molecule has 0 unspecified atom stereocenters. The minimum Gasteiger partial charge on any atom is -0.480 e. The van der Waals surface area contributed by atoms with E-state index in [2.05, 4.69) is 10.4 Å². The molecule has 0 atom stereocenters. The monoisotopic (exact) mass is 349 g/mol. The molecule has 1 aromatic rings. The van der Waals surface area contributed by atoms with Crippen LogP contribution >= 0.6 is 0 Å². The molecule has 24 heavy (non-hydrogen) atoms. The van der Waals surface area contributed by atoms with Crippen molar-refractivity contribution in [2.24, 2.45) is 7.05 Å². The summed E-state index contributed by atoms with van der Waals surface area (Å²) in [4.78, 5) is 24.8. The van der Waals surface area contributed by atoms with Crippen LogP contribution in [0.2, 0.25) is 24.2 Å². The second kappa shape index (κ2) is 6.02. The number of carboxylic acid groups (broad SMARTS) is 1. The van der Waals surface area contributed by atoms with Gasteiger partial charge in [-0.15, -0.1) is 0 Å². The van der Waals surface area contributed by atoms with E-state index in [0.717, 1.165) is 17.8 Å². The average molecular weight is 350 g/mol. The minimum atomic E-state index is -1.23.